The summed E-state index contributed by atoms with van der Waals surface area (Å²) in [6.07, 6.45) is 5.11. The van der Waals surface area contributed by atoms with Crippen LogP contribution in [-0.2, 0) is 4.74 Å². The normalized spacial score (nSPS) is 16.3. The highest BCUT2D eigenvalue weighted by Gasteiger charge is 2.18. The van der Waals surface area contributed by atoms with Crippen LogP contribution in [0.3, 0.4) is 0 Å². The molecule has 0 saturated heterocycles. The molecule has 0 heterocycles. The quantitative estimate of drug-likeness (QED) is 0.855. The molecule has 18 heavy (non-hydrogen) atoms. The molecule has 0 radical (unpaired) electrons. The Bertz CT molecular complexity index is 408. The Morgan fingerprint density at radius 1 is 1.33 bits per heavy atom. The number of hydrogen-bond donors (Lipinski definition) is 1. The molecule has 1 aliphatic rings. The van der Waals surface area contributed by atoms with Gasteiger partial charge in [0, 0.05) is 0 Å². The second-order valence-electron chi connectivity index (χ2n) is 4.72. The summed E-state index contributed by atoms with van der Waals surface area (Å²) in [6, 6.07) is 5.52. The standard InChI is InChI=1S/C14H18ClNO2/c1-10-6-5-9-12(15)13(10)16-14(17)18-11-7-3-2-4-8-11/h5-6,9,11H,2-4,7-8H2,1H3,(H,16,17). The number of para-hydroxylation sites is 1. The molecule has 0 aromatic heterocycles. The fourth-order valence-electron chi connectivity index (χ4n) is 2.26. The summed E-state index contributed by atoms with van der Waals surface area (Å²) in [4.78, 5) is 11.8. The lowest BCUT2D eigenvalue weighted by atomic mass is 9.98. The van der Waals surface area contributed by atoms with Crippen LogP contribution in [0.25, 0.3) is 0 Å². The minimum absolute atomic E-state index is 0.0570. The van der Waals surface area contributed by atoms with E-state index in [2.05, 4.69) is 5.32 Å². The number of benzene rings is 1. The van der Waals surface area contributed by atoms with Crippen molar-refractivity contribution in [3.63, 3.8) is 0 Å². The number of carbonyl (C=O) groups excluding carboxylic acids is 1. The first-order valence-electron chi connectivity index (χ1n) is 6.39. The lowest BCUT2D eigenvalue weighted by Gasteiger charge is -2.22. The molecular formula is C14H18ClNO2. The highest BCUT2D eigenvalue weighted by molar-refractivity contribution is 6.33. The Hall–Kier alpha value is -1.22. The number of aryl methyl sites for hydroxylation is 1. The summed E-state index contributed by atoms with van der Waals surface area (Å²) in [7, 11) is 0. The number of amides is 1. The second-order valence-corrected chi connectivity index (χ2v) is 5.13. The third-order valence-electron chi connectivity index (χ3n) is 3.27. The molecule has 0 atom stereocenters. The molecule has 0 spiro atoms. The van der Waals surface area contributed by atoms with Crippen LogP contribution in [0.1, 0.15) is 37.7 Å². The van der Waals surface area contributed by atoms with Crippen LogP contribution in [0.4, 0.5) is 10.5 Å². The van der Waals surface area contributed by atoms with Gasteiger partial charge in [-0.1, -0.05) is 30.2 Å². The summed E-state index contributed by atoms with van der Waals surface area (Å²) < 4.78 is 5.40. The van der Waals surface area contributed by atoms with Gasteiger partial charge in [-0.2, -0.15) is 0 Å². The second kappa shape index (κ2) is 6.10. The van der Waals surface area contributed by atoms with Gasteiger partial charge < -0.3 is 4.74 Å². The Labute approximate surface area is 112 Å². The lowest BCUT2D eigenvalue weighted by molar-refractivity contribution is 0.0865. The third-order valence-corrected chi connectivity index (χ3v) is 3.59. The number of carbonyl (C=O) groups is 1. The van der Waals surface area contributed by atoms with Crippen molar-refractivity contribution >= 4 is 23.4 Å². The van der Waals surface area contributed by atoms with Crippen LogP contribution in [-0.4, -0.2) is 12.2 Å². The molecule has 1 aromatic carbocycles. The zero-order valence-electron chi connectivity index (χ0n) is 10.5. The van der Waals surface area contributed by atoms with Crippen LogP contribution >= 0.6 is 11.6 Å². The summed E-state index contributed by atoms with van der Waals surface area (Å²) in [5.74, 6) is 0. The van der Waals surface area contributed by atoms with Crippen LogP contribution in [0.2, 0.25) is 5.02 Å². The van der Waals surface area contributed by atoms with Gasteiger partial charge in [0.2, 0.25) is 0 Å². The summed E-state index contributed by atoms with van der Waals surface area (Å²) >= 11 is 6.05. The number of nitrogens with one attached hydrogen (secondary N) is 1. The predicted molar refractivity (Wildman–Crippen MR) is 73.2 cm³/mol. The van der Waals surface area contributed by atoms with E-state index in [4.69, 9.17) is 16.3 Å². The van der Waals surface area contributed by atoms with E-state index in [0.717, 1.165) is 31.2 Å². The Kier molecular flexibility index (Phi) is 4.48. The molecule has 0 aliphatic heterocycles. The van der Waals surface area contributed by atoms with Gasteiger partial charge in [-0.05, 0) is 44.2 Å². The maximum Gasteiger partial charge on any atom is 0.411 e. The number of ether oxygens (including phenoxy) is 1. The molecule has 1 fully saturated rings. The topological polar surface area (TPSA) is 38.3 Å². The van der Waals surface area contributed by atoms with Gasteiger partial charge in [-0.25, -0.2) is 4.79 Å². The minimum atomic E-state index is -0.405. The molecule has 0 unspecified atom stereocenters. The molecule has 1 saturated carbocycles. The van der Waals surface area contributed by atoms with E-state index in [1.165, 1.54) is 6.42 Å². The fourth-order valence-corrected chi connectivity index (χ4v) is 2.53. The average Bonchev–Trinajstić information content (AvgIpc) is 2.35. The molecule has 4 heteroatoms. The van der Waals surface area contributed by atoms with Crippen molar-refractivity contribution in [3.05, 3.63) is 28.8 Å². The van der Waals surface area contributed by atoms with E-state index < -0.39 is 6.09 Å². The van der Waals surface area contributed by atoms with Crippen LogP contribution in [0, 0.1) is 6.92 Å². The van der Waals surface area contributed by atoms with E-state index >= 15 is 0 Å². The third kappa shape index (κ3) is 3.39. The Balaban J connectivity index is 1.94. The Morgan fingerprint density at radius 3 is 2.72 bits per heavy atom. The molecule has 98 valence electrons. The largest absolute Gasteiger partial charge is 0.446 e. The molecular weight excluding hydrogens is 250 g/mol. The fraction of sp³-hybridized carbons (Fsp3) is 0.500. The maximum absolute atomic E-state index is 11.8. The molecule has 2 rings (SSSR count). The van der Waals surface area contributed by atoms with E-state index in [9.17, 15) is 4.79 Å². The highest BCUT2D eigenvalue weighted by Crippen LogP contribution is 2.26. The summed E-state index contributed by atoms with van der Waals surface area (Å²) in [6.45, 7) is 1.90. The molecule has 1 aromatic rings. The van der Waals surface area contributed by atoms with E-state index in [0.29, 0.717) is 10.7 Å². The molecule has 0 bridgehead atoms. The SMILES string of the molecule is Cc1cccc(Cl)c1NC(=O)OC1CCCCC1. The first kappa shape index (κ1) is 13.2. The van der Waals surface area contributed by atoms with Crippen molar-refractivity contribution in [1.29, 1.82) is 0 Å². The zero-order valence-corrected chi connectivity index (χ0v) is 11.3. The Morgan fingerprint density at radius 2 is 2.06 bits per heavy atom. The number of hydrogen-bond acceptors (Lipinski definition) is 2. The molecule has 1 aliphatic carbocycles. The monoisotopic (exact) mass is 267 g/mol. The minimum Gasteiger partial charge on any atom is -0.446 e. The van der Waals surface area contributed by atoms with E-state index in [-0.39, 0.29) is 6.10 Å². The van der Waals surface area contributed by atoms with Gasteiger partial charge in [0.05, 0.1) is 10.7 Å². The average molecular weight is 268 g/mol. The van der Waals surface area contributed by atoms with Crippen molar-refractivity contribution in [2.45, 2.75) is 45.1 Å². The first-order chi connectivity index (χ1) is 8.66. The van der Waals surface area contributed by atoms with Crippen LogP contribution in [0.15, 0.2) is 18.2 Å². The highest BCUT2D eigenvalue weighted by atomic mass is 35.5. The van der Waals surface area contributed by atoms with Gasteiger partial charge in [0.1, 0.15) is 6.10 Å². The number of halogens is 1. The lowest BCUT2D eigenvalue weighted by Crippen LogP contribution is -2.24. The van der Waals surface area contributed by atoms with Crippen LogP contribution in [0.5, 0.6) is 0 Å². The van der Waals surface area contributed by atoms with Gasteiger partial charge in [0.25, 0.3) is 0 Å². The van der Waals surface area contributed by atoms with Gasteiger partial charge in [-0.3, -0.25) is 5.32 Å². The van der Waals surface area contributed by atoms with Gasteiger partial charge in [-0.15, -0.1) is 0 Å². The van der Waals surface area contributed by atoms with Gasteiger partial charge in [0.15, 0.2) is 0 Å². The summed E-state index contributed by atoms with van der Waals surface area (Å²) in [5.41, 5.74) is 1.57. The van der Waals surface area contributed by atoms with Crippen molar-refractivity contribution in [3.8, 4) is 0 Å². The molecule has 1 N–H and O–H groups in total. The van der Waals surface area contributed by atoms with Crippen molar-refractivity contribution in [2.24, 2.45) is 0 Å². The smallest absolute Gasteiger partial charge is 0.411 e. The molecule has 3 nitrogen and oxygen atoms in total. The first-order valence-corrected chi connectivity index (χ1v) is 6.77. The van der Waals surface area contributed by atoms with Crippen molar-refractivity contribution in [1.82, 2.24) is 0 Å². The summed E-state index contributed by atoms with van der Waals surface area (Å²) in [5, 5.41) is 3.27. The van der Waals surface area contributed by atoms with E-state index in [1.807, 2.05) is 19.1 Å². The van der Waals surface area contributed by atoms with E-state index in [1.54, 1.807) is 6.07 Å². The maximum atomic E-state index is 11.8. The molecule has 1 amide bonds. The van der Waals surface area contributed by atoms with Crippen LogP contribution < -0.4 is 5.32 Å². The van der Waals surface area contributed by atoms with Crippen molar-refractivity contribution in [2.75, 3.05) is 5.32 Å². The van der Waals surface area contributed by atoms with Gasteiger partial charge >= 0.3 is 6.09 Å². The predicted octanol–water partition coefficient (Wildman–Crippen LogP) is 4.53. The number of anilines is 1. The van der Waals surface area contributed by atoms with Crippen molar-refractivity contribution < 1.29 is 9.53 Å². The zero-order chi connectivity index (χ0) is 13.0. The number of rotatable bonds is 2.